The molecule has 0 radical (unpaired) electrons. The lowest BCUT2D eigenvalue weighted by Gasteiger charge is -2.27. The Balaban J connectivity index is 2.18. The molecule has 0 aliphatic rings. The van der Waals surface area contributed by atoms with E-state index in [0.29, 0.717) is 58.0 Å². The zero-order chi connectivity index (χ0) is 74.2. The Kier molecular flexibility index (Phi) is 44.7. The maximum atomic E-state index is 14.1. The van der Waals surface area contributed by atoms with Gasteiger partial charge < -0.3 is 114 Å². The first-order valence-electron chi connectivity index (χ1n) is 34.4. The molecule has 2 aromatic carbocycles. The minimum absolute atomic E-state index is 0.00896. The molecule has 34 nitrogen and oxygen atoms in total. The van der Waals surface area contributed by atoms with Gasteiger partial charge in [0, 0.05) is 157 Å². The first-order valence-corrected chi connectivity index (χ1v) is 34.4. The fourth-order valence-electron chi connectivity index (χ4n) is 10.3. The highest BCUT2D eigenvalue weighted by Gasteiger charge is 2.28. The van der Waals surface area contributed by atoms with Crippen molar-refractivity contribution in [3.8, 4) is 0 Å². The van der Waals surface area contributed by atoms with Crippen LogP contribution in [0.4, 0.5) is 0 Å². The number of hydrogen-bond acceptors (Lipinski definition) is 20. The Labute approximate surface area is 587 Å². The average Bonchev–Trinajstić information content (AvgIpc) is 0.939. The number of nitrogens with zero attached hydrogens (tertiary/aromatic N) is 6. The van der Waals surface area contributed by atoms with Crippen LogP contribution in [-0.2, 0) is 70.4 Å². The second kappa shape index (κ2) is 51.3. The molecule has 0 unspecified atom stereocenters. The molecule has 560 valence electrons. The van der Waals surface area contributed by atoms with Crippen molar-refractivity contribution in [2.45, 2.75) is 140 Å². The Morgan fingerprint density at radius 2 is 0.640 bits per heavy atom. The smallest absolute Gasteiger partial charge is 0.239 e. The zero-order valence-corrected chi connectivity index (χ0v) is 58.3. The van der Waals surface area contributed by atoms with Crippen LogP contribution in [0.2, 0.25) is 0 Å². The Morgan fingerprint density at radius 3 is 0.920 bits per heavy atom. The van der Waals surface area contributed by atoms with Crippen molar-refractivity contribution in [2.75, 3.05) is 124 Å². The number of amides is 12. The normalized spacial score (nSPS) is 12.4. The molecule has 0 saturated carbocycles. The molecule has 0 fully saturated rings. The molecule has 34 heteroatoms. The van der Waals surface area contributed by atoms with E-state index in [1.165, 1.54) is 31.4 Å². The second-order valence-corrected chi connectivity index (χ2v) is 24.3. The van der Waals surface area contributed by atoms with Gasteiger partial charge in [-0.25, -0.2) is 0 Å². The molecule has 2 rings (SSSR count). The van der Waals surface area contributed by atoms with Gasteiger partial charge in [0.05, 0.1) is 30.2 Å². The van der Waals surface area contributed by atoms with Gasteiger partial charge >= 0.3 is 0 Å². The monoisotopic (exact) mass is 1410 g/mol. The van der Waals surface area contributed by atoms with Gasteiger partial charge in [0.2, 0.25) is 70.9 Å². The molecule has 26 N–H and O–H groups in total. The maximum absolute atomic E-state index is 14.1. The fraction of sp³-hybridized carbons (Fsp3) is 0.621. The van der Waals surface area contributed by atoms with Gasteiger partial charge in [0.15, 0.2) is 5.96 Å². The summed E-state index contributed by atoms with van der Waals surface area (Å²) < 4.78 is 0. The van der Waals surface area contributed by atoms with E-state index in [1.54, 1.807) is 12.1 Å². The number of rotatable bonds is 54. The number of aliphatic imine (C=N–C) groups is 1. The molecule has 0 saturated heterocycles. The summed E-state index contributed by atoms with van der Waals surface area (Å²) in [6.07, 6.45) is 3.22. The van der Waals surface area contributed by atoms with E-state index in [4.69, 9.17) is 57.3 Å². The van der Waals surface area contributed by atoms with Crippen molar-refractivity contribution in [1.82, 2.24) is 56.4 Å². The fourth-order valence-corrected chi connectivity index (χ4v) is 10.3. The zero-order valence-electron chi connectivity index (χ0n) is 58.3. The lowest BCUT2D eigenvalue weighted by molar-refractivity contribution is -0.135. The van der Waals surface area contributed by atoms with Crippen LogP contribution in [0.3, 0.4) is 0 Å². The summed E-state index contributed by atoms with van der Waals surface area (Å²) in [5, 5.41) is 16.3. The third kappa shape index (κ3) is 39.0. The highest BCUT2D eigenvalue weighted by atomic mass is 16.2. The number of guanidine groups is 1. The van der Waals surface area contributed by atoms with Crippen molar-refractivity contribution < 1.29 is 57.5 Å². The summed E-state index contributed by atoms with van der Waals surface area (Å²) in [5.41, 5.74) is 60.7. The number of hydrogen-bond donors (Lipinski definition) is 16. The Hall–Kier alpha value is -8.93. The van der Waals surface area contributed by atoms with Crippen molar-refractivity contribution >= 4 is 76.8 Å². The molecule has 0 heterocycles. The van der Waals surface area contributed by atoms with Crippen LogP contribution in [0, 0.1) is 0 Å². The predicted molar refractivity (Wildman–Crippen MR) is 379 cm³/mol. The molecule has 0 spiro atoms. The van der Waals surface area contributed by atoms with Gasteiger partial charge in [0.25, 0.3) is 0 Å². The summed E-state index contributed by atoms with van der Waals surface area (Å²) in [4.78, 5) is 168. The molecular weight excluding hydrogens is 1290 g/mol. The number of nitrogens with two attached hydrogens (primary N) is 10. The van der Waals surface area contributed by atoms with E-state index in [-0.39, 0.29) is 187 Å². The van der Waals surface area contributed by atoms with Crippen molar-refractivity contribution in [3.05, 3.63) is 71.8 Å². The van der Waals surface area contributed by atoms with E-state index >= 15 is 0 Å². The van der Waals surface area contributed by atoms with Crippen LogP contribution in [-0.4, -0.2) is 256 Å². The van der Waals surface area contributed by atoms with Gasteiger partial charge in [-0.15, -0.1) is 0 Å². The van der Waals surface area contributed by atoms with Crippen molar-refractivity contribution in [2.24, 2.45) is 62.3 Å². The van der Waals surface area contributed by atoms with Crippen molar-refractivity contribution in [1.29, 1.82) is 0 Å². The van der Waals surface area contributed by atoms with Gasteiger partial charge in [0.1, 0.15) is 0 Å². The van der Waals surface area contributed by atoms with Crippen LogP contribution < -0.4 is 89.2 Å². The van der Waals surface area contributed by atoms with E-state index in [2.05, 4.69) is 36.9 Å². The first kappa shape index (κ1) is 87.2. The third-order valence-electron chi connectivity index (χ3n) is 16.0. The van der Waals surface area contributed by atoms with Gasteiger partial charge in [-0.05, 0) is 75.6 Å². The highest BCUT2D eigenvalue weighted by Crippen LogP contribution is 2.11. The summed E-state index contributed by atoms with van der Waals surface area (Å²) in [6.45, 7) is 1.85. The van der Waals surface area contributed by atoms with Crippen LogP contribution in [0.5, 0.6) is 0 Å². The quantitative estimate of drug-likeness (QED) is 0.0167. The number of nitrogens with one attached hydrogen (secondary N) is 6. The maximum Gasteiger partial charge on any atom is 0.239 e. The number of carbonyl (C=O) groups is 12. The van der Waals surface area contributed by atoms with E-state index in [1.807, 2.05) is 48.5 Å². The summed E-state index contributed by atoms with van der Waals surface area (Å²) in [6, 6.07) is 13.4. The topological polar surface area (TPSA) is 566 Å². The molecule has 0 aliphatic carbocycles. The van der Waals surface area contributed by atoms with Crippen LogP contribution in [0.15, 0.2) is 65.7 Å². The van der Waals surface area contributed by atoms with Crippen LogP contribution in [0.25, 0.3) is 0 Å². The lowest BCUT2D eigenvalue weighted by Crippen LogP contribution is -2.50. The minimum Gasteiger partial charge on any atom is -0.370 e. The molecular formula is C66H114N22O12. The van der Waals surface area contributed by atoms with Crippen LogP contribution >= 0.6 is 0 Å². The number of benzene rings is 2. The molecule has 0 aliphatic heterocycles. The van der Waals surface area contributed by atoms with E-state index < -0.39 is 89.3 Å². The number of unbranched alkanes of at least 4 members (excludes halogenated alkanes) is 2. The van der Waals surface area contributed by atoms with Crippen LogP contribution in [0.1, 0.15) is 108 Å². The molecule has 0 bridgehead atoms. The third-order valence-corrected chi connectivity index (χ3v) is 16.0. The molecule has 5 atom stereocenters. The predicted octanol–water partition coefficient (Wildman–Crippen LogP) is -5.89. The average molecular weight is 1410 g/mol. The van der Waals surface area contributed by atoms with E-state index in [9.17, 15) is 57.5 Å². The molecule has 0 aromatic heterocycles. The second-order valence-electron chi connectivity index (χ2n) is 24.3. The first-order chi connectivity index (χ1) is 47.8. The highest BCUT2D eigenvalue weighted by molar-refractivity contribution is 5.87. The summed E-state index contributed by atoms with van der Waals surface area (Å²) in [7, 11) is 0. The van der Waals surface area contributed by atoms with Gasteiger partial charge in [-0.2, -0.15) is 0 Å². The van der Waals surface area contributed by atoms with Gasteiger partial charge in [-0.3, -0.25) is 62.5 Å². The number of primary amides is 1. The Bertz CT molecular complexity index is 2860. The molecule has 12 amide bonds. The SMILES string of the molecule is CC(=O)NCCN(CCC(=O)NCCN(CCC(=O)NCCN(CCC(=O)NCCN(CCC(=O)NCCN(CCC(=O)NCCC(N)=O)C(=O)[C@@H](N)Cc1ccccc1)C(=O)[C@@H](N)CCCN=C(N)N)C(=O)[C@@H](N)Cc1ccccc1)C(=O)[C@@H](N)CCCCN)C(=O)[C@@H](N)CCCCN. The van der Waals surface area contributed by atoms with Crippen molar-refractivity contribution in [3.63, 3.8) is 0 Å². The van der Waals surface area contributed by atoms with Gasteiger partial charge in [-0.1, -0.05) is 73.5 Å². The summed E-state index contributed by atoms with van der Waals surface area (Å²) >= 11 is 0. The molecule has 2 aromatic rings. The Morgan fingerprint density at radius 1 is 0.360 bits per heavy atom. The lowest BCUT2D eigenvalue weighted by atomic mass is 10.1. The largest absolute Gasteiger partial charge is 0.370 e. The molecule has 100 heavy (non-hydrogen) atoms. The number of carbonyl (C=O) groups excluding carboxylic acids is 12. The summed E-state index contributed by atoms with van der Waals surface area (Å²) in [5.74, 6) is -5.68. The van der Waals surface area contributed by atoms with E-state index in [0.717, 1.165) is 11.1 Å². The standard InChI is InChI=1S/C66H114N22O12/c1-47(89)77-30-40-84(61(96)50(69)17-8-10-26-67)35-22-57(92)79-31-41-85(62(97)51(70)18-9-11-27-68)36-23-58(93)82-34-44-88(65(100)54(73)46-49-15-6-3-7-16-49)39-25-60(95)80-32-42-86(63(98)52(71)19-12-28-83-66(75)76)37-24-59(94)81-33-43-87(38-21-56(91)78-29-20-55(74)90)64(99)53(72)45-48-13-4-2-5-14-48/h2-7,13-16,50-54H,8-12,17-46,67-73H2,1H3,(H2,74,90)(H,77,89)(H,78,91)(H,79,92)(H,80,95)(H,81,94)(H,82,93)(H4,75,76,83)/t50-,51-,52-,53-,54-/m0/s1. The minimum atomic E-state index is -1.04.